The van der Waals surface area contributed by atoms with Crippen LogP contribution in [-0.2, 0) is 31.2 Å². The maximum Gasteiger partial charge on any atom is 0.302 e. The highest BCUT2D eigenvalue weighted by Gasteiger charge is 2.47. The topological polar surface area (TPSA) is 54.0 Å². The molecule has 6 heteroatoms. The van der Waals surface area contributed by atoms with E-state index in [-0.39, 0.29) is 18.7 Å². The van der Waals surface area contributed by atoms with E-state index in [0.29, 0.717) is 31.1 Å². The molecule has 5 nitrogen and oxygen atoms in total. The van der Waals surface area contributed by atoms with E-state index in [2.05, 4.69) is 18.7 Å². The van der Waals surface area contributed by atoms with E-state index in [4.69, 9.17) is 30.5 Å². The molecular formula is C25H25ClO5. The van der Waals surface area contributed by atoms with Gasteiger partial charge in [0.25, 0.3) is 0 Å². The van der Waals surface area contributed by atoms with Gasteiger partial charge in [0.1, 0.15) is 25.1 Å². The van der Waals surface area contributed by atoms with Crippen LogP contribution in [0.1, 0.15) is 30.0 Å². The van der Waals surface area contributed by atoms with Crippen molar-refractivity contribution in [3.8, 4) is 5.75 Å². The number of hydrogen-bond acceptors (Lipinski definition) is 5. The summed E-state index contributed by atoms with van der Waals surface area (Å²) in [6, 6.07) is 13.8. The first-order chi connectivity index (χ1) is 15.0. The van der Waals surface area contributed by atoms with Crippen LogP contribution in [-0.4, -0.2) is 31.9 Å². The van der Waals surface area contributed by atoms with E-state index in [0.717, 1.165) is 28.0 Å². The fourth-order valence-corrected chi connectivity index (χ4v) is 4.01. The van der Waals surface area contributed by atoms with Gasteiger partial charge in [-0.3, -0.25) is 4.79 Å². The first-order valence-electron chi connectivity index (χ1n) is 10.2. The van der Waals surface area contributed by atoms with Crippen LogP contribution in [0.25, 0.3) is 0 Å². The Kier molecular flexibility index (Phi) is 6.46. The van der Waals surface area contributed by atoms with Crippen molar-refractivity contribution in [2.45, 2.75) is 31.7 Å². The summed E-state index contributed by atoms with van der Waals surface area (Å²) < 4.78 is 23.0. The molecular weight excluding hydrogens is 416 g/mol. The predicted molar refractivity (Wildman–Crippen MR) is 118 cm³/mol. The first kappa shape index (κ1) is 21.6. The highest BCUT2D eigenvalue weighted by Crippen LogP contribution is 2.44. The maximum atomic E-state index is 11.1. The molecule has 0 aliphatic carbocycles. The maximum absolute atomic E-state index is 11.1. The number of ether oxygens (including phenoxy) is 4. The number of benzene rings is 2. The molecule has 1 fully saturated rings. The van der Waals surface area contributed by atoms with Crippen molar-refractivity contribution in [1.29, 1.82) is 0 Å². The van der Waals surface area contributed by atoms with Gasteiger partial charge in [-0.15, -0.1) is 0 Å². The Hall–Kier alpha value is -2.60. The van der Waals surface area contributed by atoms with Crippen molar-refractivity contribution in [2.75, 3.05) is 19.8 Å². The number of rotatable bonds is 8. The van der Waals surface area contributed by atoms with Crippen LogP contribution >= 0.6 is 11.6 Å². The first-order valence-corrected chi connectivity index (χ1v) is 10.6. The Balaban J connectivity index is 1.51. The van der Waals surface area contributed by atoms with Gasteiger partial charge < -0.3 is 18.9 Å². The third-order valence-corrected chi connectivity index (χ3v) is 5.83. The molecule has 2 aliphatic heterocycles. The smallest absolute Gasteiger partial charge is 0.302 e. The van der Waals surface area contributed by atoms with E-state index in [9.17, 15) is 4.79 Å². The van der Waals surface area contributed by atoms with E-state index in [1.807, 2.05) is 36.4 Å². The second-order valence-corrected chi connectivity index (χ2v) is 8.07. The summed E-state index contributed by atoms with van der Waals surface area (Å²) >= 11 is 6.50. The largest absolute Gasteiger partial charge is 0.490 e. The summed E-state index contributed by atoms with van der Waals surface area (Å²) in [5.74, 6) is -0.328. The highest BCUT2D eigenvalue weighted by molar-refractivity contribution is 6.31. The number of carbonyl (C=O) groups excluding carboxylic acids is 1. The highest BCUT2D eigenvalue weighted by atomic mass is 35.5. The monoisotopic (exact) mass is 440 g/mol. The summed E-state index contributed by atoms with van der Waals surface area (Å²) in [7, 11) is 0. The van der Waals surface area contributed by atoms with Crippen LogP contribution in [0.15, 0.2) is 66.8 Å². The minimum Gasteiger partial charge on any atom is -0.490 e. The summed E-state index contributed by atoms with van der Waals surface area (Å²) in [6.45, 7) is 6.20. The quantitative estimate of drug-likeness (QED) is 0.429. The predicted octanol–water partition coefficient (Wildman–Crippen LogP) is 4.96. The molecule has 0 spiro atoms. The third kappa shape index (κ3) is 4.85. The van der Waals surface area contributed by atoms with Gasteiger partial charge in [0, 0.05) is 23.9 Å². The van der Waals surface area contributed by atoms with Gasteiger partial charge >= 0.3 is 5.97 Å². The Morgan fingerprint density at radius 3 is 2.84 bits per heavy atom. The van der Waals surface area contributed by atoms with Crippen LogP contribution in [0.4, 0.5) is 0 Å². The number of hydrogen-bond donors (Lipinski definition) is 0. The number of carbonyl (C=O) groups is 1. The van der Waals surface area contributed by atoms with E-state index in [1.54, 1.807) is 6.08 Å². The van der Waals surface area contributed by atoms with Gasteiger partial charge in [-0.1, -0.05) is 48.5 Å². The molecule has 0 amide bonds. The summed E-state index contributed by atoms with van der Waals surface area (Å²) in [4.78, 5) is 11.1. The van der Waals surface area contributed by atoms with Gasteiger partial charge in [0.05, 0.1) is 6.61 Å². The Labute approximate surface area is 187 Å². The summed E-state index contributed by atoms with van der Waals surface area (Å²) in [6.07, 6.45) is 4.80. The van der Waals surface area contributed by atoms with Crippen LogP contribution in [0.2, 0.25) is 5.02 Å². The van der Waals surface area contributed by atoms with Crippen molar-refractivity contribution in [2.24, 2.45) is 0 Å². The molecule has 162 valence electrons. The lowest BCUT2D eigenvalue weighted by molar-refractivity contribution is -0.176. The minimum absolute atomic E-state index is 0.213. The van der Waals surface area contributed by atoms with Gasteiger partial charge in [-0.2, -0.15) is 0 Å². The molecule has 2 aromatic carbocycles. The normalized spacial score (nSPS) is 22.0. The molecule has 31 heavy (non-hydrogen) atoms. The number of fused-ring (bicyclic) bond motifs is 2. The van der Waals surface area contributed by atoms with Crippen LogP contribution in [0.3, 0.4) is 0 Å². The lowest BCUT2D eigenvalue weighted by atomic mass is 9.94. The van der Waals surface area contributed by atoms with Crippen molar-refractivity contribution >= 4 is 17.6 Å². The van der Waals surface area contributed by atoms with Crippen LogP contribution < -0.4 is 4.74 Å². The molecule has 0 saturated carbocycles. The van der Waals surface area contributed by atoms with Gasteiger partial charge in [-0.25, -0.2) is 0 Å². The fraction of sp³-hybridized carbons (Fsp3) is 0.320. The molecule has 2 heterocycles. The molecule has 0 aromatic heterocycles. The zero-order valence-corrected chi connectivity index (χ0v) is 18.2. The molecule has 0 radical (unpaired) electrons. The standard InChI is InChI=1S/C25H25ClO5/c1-3-12-28-22-7-4-18(5-8-22)13-20-14-21(6-9-23(20)26)25-11-10-19(15-29-17(2)27)24(31-25)16-30-25/h3-10,14,24H,1,11-13,15-16H2,2H3/t24-,25-/m0/s1. The van der Waals surface area contributed by atoms with Crippen molar-refractivity contribution < 1.29 is 23.7 Å². The molecule has 2 bridgehead atoms. The molecule has 0 unspecified atom stereocenters. The van der Waals surface area contributed by atoms with Gasteiger partial charge in [0.2, 0.25) is 0 Å². The zero-order valence-electron chi connectivity index (χ0n) is 17.4. The lowest BCUT2D eigenvalue weighted by Gasteiger charge is -2.31. The average molecular weight is 441 g/mol. The molecule has 4 rings (SSSR count). The van der Waals surface area contributed by atoms with Crippen LogP contribution in [0, 0.1) is 0 Å². The summed E-state index contributed by atoms with van der Waals surface area (Å²) in [5, 5.41) is 0.698. The molecule has 1 saturated heterocycles. The van der Waals surface area contributed by atoms with Gasteiger partial charge in [0.15, 0.2) is 5.79 Å². The Morgan fingerprint density at radius 1 is 1.29 bits per heavy atom. The molecule has 2 aromatic rings. The third-order valence-electron chi connectivity index (χ3n) is 5.46. The second-order valence-electron chi connectivity index (χ2n) is 7.66. The number of halogens is 1. The minimum atomic E-state index is -0.827. The molecule has 2 aliphatic rings. The van der Waals surface area contributed by atoms with Gasteiger partial charge in [-0.05, 0) is 47.4 Å². The van der Waals surface area contributed by atoms with Crippen molar-refractivity contribution in [1.82, 2.24) is 0 Å². The molecule has 2 atom stereocenters. The Morgan fingerprint density at radius 2 is 2.10 bits per heavy atom. The van der Waals surface area contributed by atoms with E-state index in [1.165, 1.54) is 6.92 Å². The lowest BCUT2D eigenvalue weighted by Crippen LogP contribution is -2.32. The van der Waals surface area contributed by atoms with E-state index >= 15 is 0 Å². The SMILES string of the molecule is C=CCOc1ccc(Cc2cc([C@@]34CC=C(COC(C)=O)[C@H](CO3)O4)ccc2Cl)cc1. The van der Waals surface area contributed by atoms with Crippen molar-refractivity contribution in [3.63, 3.8) is 0 Å². The van der Waals surface area contributed by atoms with Crippen LogP contribution in [0.5, 0.6) is 5.75 Å². The number of esters is 1. The zero-order chi connectivity index (χ0) is 21.8. The van der Waals surface area contributed by atoms with Crippen molar-refractivity contribution in [3.05, 3.63) is 88.5 Å². The fourth-order valence-electron chi connectivity index (χ4n) is 3.83. The average Bonchev–Trinajstić information content (AvgIpc) is 3.12. The Bertz CT molecular complexity index is 997. The second kappa shape index (κ2) is 9.27. The van der Waals surface area contributed by atoms with E-state index < -0.39 is 5.79 Å². The molecule has 0 N–H and O–H groups in total. The summed E-state index contributed by atoms with van der Waals surface area (Å²) in [5.41, 5.74) is 4.00.